The molecule has 16 nitrogen and oxygen atoms in total. The van der Waals surface area contributed by atoms with Gasteiger partial charge in [0.2, 0.25) is 25.8 Å². The summed E-state index contributed by atoms with van der Waals surface area (Å²) in [5.41, 5.74) is 2.07. The van der Waals surface area contributed by atoms with Gasteiger partial charge in [0, 0.05) is 103 Å². The Balaban J connectivity index is 0.000000172. The average Bonchev–Trinajstić information content (AvgIpc) is 3.91. The molecule has 19 heteroatoms. The molecule has 2 aromatic carbocycles. The number of hydrogen-bond acceptors (Lipinski definition) is 12. The van der Waals surface area contributed by atoms with Crippen molar-refractivity contribution in [1.29, 1.82) is 0 Å². The smallest absolute Gasteiger partial charge is 0.261 e. The lowest BCUT2D eigenvalue weighted by molar-refractivity contribution is 0.0944. The first-order chi connectivity index (χ1) is 27.1. The number of thiophene rings is 1. The lowest BCUT2D eigenvalue weighted by Gasteiger charge is -2.26. The normalized spacial score (nSPS) is 15.6. The Labute approximate surface area is 328 Å². The quantitative estimate of drug-likeness (QED) is 0.158. The number of piperazine rings is 2. The van der Waals surface area contributed by atoms with E-state index in [1.165, 1.54) is 26.1 Å². The van der Waals surface area contributed by atoms with Gasteiger partial charge in [0.05, 0.1) is 24.9 Å². The van der Waals surface area contributed by atoms with Crippen molar-refractivity contribution in [3.63, 3.8) is 0 Å². The van der Waals surface area contributed by atoms with E-state index in [0.717, 1.165) is 21.2 Å². The van der Waals surface area contributed by atoms with Crippen LogP contribution in [0.15, 0.2) is 108 Å². The van der Waals surface area contributed by atoms with Gasteiger partial charge in [-0.25, -0.2) is 26.8 Å². The Morgan fingerprint density at radius 3 is 1.80 bits per heavy atom. The average molecular weight is 817 g/mol. The van der Waals surface area contributed by atoms with E-state index in [1.807, 2.05) is 12.1 Å². The first-order valence-electron chi connectivity index (χ1n) is 17.9. The number of imidazole rings is 1. The van der Waals surface area contributed by atoms with Gasteiger partial charge in [0.25, 0.3) is 11.8 Å². The number of pyridine rings is 1. The Bertz CT molecular complexity index is 2390. The molecule has 4 aromatic heterocycles. The van der Waals surface area contributed by atoms with Gasteiger partial charge in [0.15, 0.2) is 0 Å². The number of benzene rings is 2. The molecule has 8 rings (SSSR count). The number of nitrogens with zero attached hydrogens (tertiary/aromatic N) is 6. The molecule has 6 heterocycles. The number of rotatable bonds is 10. The van der Waals surface area contributed by atoms with Crippen LogP contribution in [0, 0.1) is 0 Å². The van der Waals surface area contributed by atoms with Crippen LogP contribution in [-0.4, -0.2) is 109 Å². The van der Waals surface area contributed by atoms with Gasteiger partial charge in [-0.1, -0.05) is 24.3 Å². The summed E-state index contributed by atoms with van der Waals surface area (Å²) in [6.07, 6.45) is 9.91. The number of hydrogen-bond donors (Lipinski definition) is 4. The number of nitrogens with one attached hydrogen (secondary N) is 4. The highest BCUT2D eigenvalue weighted by Crippen LogP contribution is 2.24. The highest BCUT2D eigenvalue weighted by molar-refractivity contribution is 7.89. The van der Waals surface area contributed by atoms with Crippen LogP contribution in [0.5, 0.6) is 0 Å². The van der Waals surface area contributed by atoms with Gasteiger partial charge in [-0.3, -0.25) is 19.0 Å². The maximum atomic E-state index is 12.7. The van der Waals surface area contributed by atoms with Gasteiger partial charge < -0.3 is 21.3 Å². The van der Waals surface area contributed by atoms with Crippen LogP contribution in [-0.2, 0) is 33.1 Å². The predicted molar refractivity (Wildman–Crippen MR) is 211 cm³/mol. The molecule has 2 aliphatic heterocycles. The molecule has 0 unspecified atom stereocenters. The third-order valence-corrected chi connectivity index (χ3v) is 14.1. The topological polar surface area (TPSA) is 200 Å². The second-order valence-electron chi connectivity index (χ2n) is 13.0. The molecule has 292 valence electrons. The second kappa shape index (κ2) is 17.3. The summed E-state index contributed by atoms with van der Waals surface area (Å²) in [4.78, 5) is 38.1. The summed E-state index contributed by atoms with van der Waals surface area (Å²) in [6.45, 7) is 5.15. The van der Waals surface area contributed by atoms with E-state index in [9.17, 15) is 26.4 Å². The fourth-order valence-electron chi connectivity index (χ4n) is 6.11. The van der Waals surface area contributed by atoms with E-state index in [1.54, 1.807) is 83.9 Å². The third-order valence-electron chi connectivity index (χ3n) is 9.23. The van der Waals surface area contributed by atoms with E-state index in [4.69, 9.17) is 0 Å². The Kier molecular flexibility index (Phi) is 12.1. The number of carbonyl (C=O) groups is 2. The fourth-order valence-corrected chi connectivity index (χ4v) is 9.94. The fraction of sp³-hybridized carbons (Fsp3) is 0.270. The molecular weight excluding hydrogens is 777 g/mol. The minimum atomic E-state index is -3.48. The molecule has 0 spiro atoms. The van der Waals surface area contributed by atoms with Crippen molar-refractivity contribution in [2.45, 2.75) is 22.9 Å². The predicted octanol–water partition coefficient (Wildman–Crippen LogP) is 2.07. The van der Waals surface area contributed by atoms with Gasteiger partial charge in [0.1, 0.15) is 0 Å². The molecule has 2 amide bonds. The number of sulfonamides is 2. The van der Waals surface area contributed by atoms with Gasteiger partial charge in [-0.2, -0.15) is 8.61 Å². The molecule has 6 aromatic rings. The summed E-state index contributed by atoms with van der Waals surface area (Å²) in [5.74, 6) is 0.108. The van der Waals surface area contributed by atoms with Crippen molar-refractivity contribution in [2.24, 2.45) is 0 Å². The van der Waals surface area contributed by atoms with E-state index >= 15 is 0 Å². The summed E-state index contributed by atoms with van der Waals surface area (Å²) >= 11 is 1.40. The molecule has 0 radical (unpaired) electrons. The zero-order valence-electron chi connectivity index (χ0n) is 30.2. The minimum Gasteiger partial charge on any atom is -0.348 e. The molecular formula is C37H40N10O6S3. The maximum Gasteiger partial charge on any atom is 0.261 e. The monoisotopic (exact) mass is 816 g/mol. The molecule has 0 atom stereocenters. The van der Waals surface area contributed by atoms with E-state index in [-0.39, 0.29) is 28.2 Å². The summed E-state index contributed by atoms with van der Waals surface area (Å²) < 4.78 is 56.2. The SMILES string of the molecule is O=C(NCc1ccc(S(=O)(=O)N2CCNCC2)cc1)c1cc2ccncc2s1.O=C(NCc1ccc(S(=O)(=O)N2CCNCC2)cc1)c1cnc2nccn2c1. The maximum absolute atomic E-state index is 12.7. The zero-order valence-corrected chi connectivity index (χ0v) is 32.6. The van der Waals surface area contributed by atoms with Crippen molar-refractivity contribution in [2.75, 3.05) is 52.4 Å². The van der Waals surface area contributed by atoms with Crippen molar-refractivity contribution >= 4 is 59.1 Å². The molecule has 0 saturated carbocycles. The number of aromatic nitrogens is 4. The van der Waals surface area contributed by atoms with Crippen LogP contribution < -0.4 is 21.3 Å². The van der Waals surface area contributed by atoms with E-state index in [2.05, 4.69) is 36.2 Å². The van der Waals surface area contributed by atoms with Crippen LogP contribution in [0.3, 0.4) is 0 Å². The zero-order chi connectivity index (χ0) is 39.1. The lowest BCUT2D eigenvalue weighted by Crippen LogP contribution is -2.46. The molecule has 0 aliphatic carbocycles. The van der Waals surface area contributed by atoms with Crippen molar-refractivity contribution in [1.82, 2.24) is 49.2 Å². The lowest BCUT2D eigenvalue weighted by atomic mass is 10.2. The summed E-state index contributed by atoms with van der Waals surface area (Å²) in [7, 11) is -6.95. The minimum absolute atomic E-state index is 0.154. The molecule has 0 bridgehead atoms. The number of fused-ring (bicyclic) bond motifs is 2. The molecule has 56 heavy (non-hydrogen) atoms. The highest BCUT2D eigenvalue weighted by atomic mass is 32.2. The second-order valence-corrected chi connectivity index (χ2v) is 17.9. The Morgan fingerprint density at radius 1 is 0.696 bits per heavy atom. The molecule has 2 fully saturated rings. The molecule has 2 aliphatic rings. The Morgan fingerprint density at radius 2 is 1.25 bits per heavy atom. The van der Waals surface area contributed by atoms with Crippen LogP contribution in [0.25, 0.3) is 15.9 Å². The molecule has 2 saturated heterocycles. The summed E-state index contributed by atoms with van der Waals surface area (Å²) in [5, 5.41) is 13.0. The van der Waals surface area contributed by atoms with Crippen molar-refractivity contribution in [3.05, 3.63) is 119 Å². The van der Waals surface area contributed by atoms with Crippen LogP contribution in [0.4, 0.5) is 0 Å². The van der Waals surface area contributed by atoms with Crippen LogP contribution in [0.2, 0.25) is 0 Å². The van der Waals surface area contributed by atoms with Crippen LogP contribution >= 0.6 is 11.3 Å². The highest BCUT2D eigenvalue weighted by Gasteiger charge is 2.27. The van der Waals surface area contributed by atoms with E-state index in [0.29, 0.717) is 75.1 Å². The standard InChI is InChI=1S/C19H20N4O3S2.C18H20N6O3S/c24-19(17-11-15-5-6-21-13-18(15)27-17)22-12-14-1-3-16(4-2-14)28(25,26)23-9-7-20-8-10-23;25-17(15-12-22-18-20-7-8-23(18)13-15)21-11-14-1-3-16(4-2-14)28(26,27)24-9-5-19-6-10-24/h1-6,11,13,20H,7-10,12H2,(H,22,24);1-4,7-8,12-13,19H,5-6,9-11H2,(H,21,25). The molecule has 4 N–H and O–H groups in total. The van der Waals surface area contributed by atoms with Crippen LogP contribution in [0.1, 0.15) is 31.2 Å². The van der Waals surface area contributed by atoms with Gasteiger partial charge in [-0.15, -0.1) is 11.3 Å². The van der Waals surface area contributed by atoms with Crippen molar-refractivity contribution < 1.29 is 26.4 Å². The van der Waals surface area contributed by atoms with Gasteiger partial charge in [-0.05, 0) is 52.9 Å². The third kappa shape index (κ3) is 9.10. The largest absolute Gasteiger partial charge is 0.348 e. The number of carbonyl (C=O) groups excluding carboxylic acids is 2. The Hall–Kier alpha value is -5.15. The summed E-state index contributed by atoms with van der Waals surface area (Å²) in [6, 6.07) is 17.0. The van der Waals surface area contributed by atoms with E-state index < -0.39 is 20.0 Å². The first kappa shape index (κ1) is 39.1. The first-order valence-corrected chi connectivity index (χ1v) is 21.6. The van der Waals surface area contributed by atoms with Gasteiger partial charge >= 0.3 is 0 Å². The van der Waals surface area contributed by atoms with Crippen molar-refractivity contribution in [3.8, 4) is 0 Å². The number of amides is 2.